The highest BCUT2D eigenvalue weighted by molar-refractivity contribution is 5.97. The summed E-state index contributed by atoms with van der Waals surface area (Å²) >= 11 is 0. The molecule has 0 bridgehead atoms. The first-order valence-corrected chi connectivity index (χ1v) is 7.26. The predicted octanol–water partition coefficient (Wildman–Crippen LogP) is 2.95. The fourth-order valence-electron chi connectivity index (χ4n) is 2.24. The zero-order valence-electron chi connectivity index (χ0n) is 13.1. The number of nitrogens with zero attached hydrogens (tertiary/aromatic N) is 3. The van der Waals surface area contributed by atoms with E-state index in [-0.39, 0.29) is 0 Å². The molecule has 0 radical (unpaired) electrons. The van der Waals surface area contributed by atoms with Gasteiger partial charge in [0.25, 0.3) is 0 Å². The highest BCUT2D eigenvalue weighted by Crippen LogP contribution is 2.09. The molecule has 2 aliphatic rings. The minimum absolute atomic E-state index is 0.918. The summed E-state index contributed by atoms with van der Waals surface area (Å²) in [5.41, 5.74) is 3.71. The van der Waals surface area contributed by atoms with Crippen LogP contribution in [0.2, 0.25) is 0 Å². The molecule has 2 heterocycles. The molecule has 0 N–H and O–H groups in total. The molecule has 0 aromatic carbocycles. The summed E-state index contributed by atoms with van der Waals surface area (Å²) in [5, 5.41) is 0. The lowest BCUT2D eigenvalue weighted by Crippen LogP contribution is -2.28. The molecular weight excluding hydrogens is 234 g/mol. The van der Waals surface area contributed by atoms with Crippen LogP contribution in [-0.4, -0.2) is 55.8 Å². The van der Waals surface area contributed by atoms with Crippen molar-refractivity contribution in [3.05, 3.63) is 23.9 Å². The average Bonchev–Trinajstić information content (AvgIpc) is 2.34. The second-order valence-corrected chi connectivity index (χ2v) is 5.58. The zero-order valence-corrected chi connectivity index (χ0v) is 13.1. The maximum atomic E-state index is 4.24. The molecule has 0 unspecified atom stereocenters. The van der Waals surface area contributed by atoms with Crippen molar-refractivity contribution in [2.45, 2.75) is 33.1 Å². The Hall–Kier alpha value is -1.09. The summed E-state index contributed by atoms with van der Waals surface area (Å²) in [6, 6.07) is 0. The molecule has 108 valence electrons. The minimum atomic E-state index is 0.918. The van der Waals surface area contributed by atoms with E-state index in [1.165, 1.54) is 32.4 Å². The van der Waals surface area contributed by atoms with E-state index in [0.29, 0.717) is 0 Å². The van der Waals surface area contributed by atoms with Gasteiger partial charge < -0.3 is 9.80 Å². The molecule has 3 nitrogen and oxygen atoms in total. The van der Waals surface area contributed by atoms with Crippen LogP contribution >= 0.6 is 0 Å². The summed E-state index contributed by atoms with van der Waals surface area (Å²) < 4.78 is 0. The molecule has 0 spiro atoms. The number of likely N-dealkylation sites (N-methyl/N-ethyl adjacent to an activating group) is 1. The van der Waals surface area contributed by atoms with Crippen LogP contribution in [0.1, 0.15) is 33.1 Å². The molecule has 0 aliphatic carbocycles. The smallest absolute Gasteiger partial charge is 0.0568 e. The van der Waals surface area contributed by atoms with Gasteiger partial charge in [-0.25, -0.2) is 0 Å². The van der Waals surface area contributed by atoms with Gasteiger partial charge in [0.2, 0.25) is 0 Å². The summed E-state index contributed by atoms with van der Waals surface area (Å²) in [6.45, 7) is 12.5. The molecule has 2 rings (SSSR count). The summed E-state index contributed by atoms with van der Waals surface area (Å²) in [5.74, 6) is 0. The molecule has 3 heteroatoms. The number of hydrogen-bond acceptors (Lipinski definition) is 3. The van der Waals surface area contributed by atoms with Gasteiger partial charge in [-0.3, -0.25) is 4.99 Å². The second kappa shape index (κ2) is 8.16. The molecule has 0 aromatic heterocycles. The number of rotatable bonds is 0. The van der Waals surface area contributed by atoms with Gasteiger partial charge >= 0.3 is 0 Å². The van der Waals surface area contributed by atoms with Crippen molar-refractivity contribution in [3.63, 3.8) is 0 Å². The topological polar surface area (TPSA) is 18.8 Å². The van der Waals surface area contributed by atoms with Crippen LogP contribution in [0.3, 0.4) is 0 Å². The van der Waals surface area contributed by atoms with Crippen LogP contribution in [0.5, 0.6) is 0 Å². The minimum Gasteiger partial charge on any atom is -0.372 e. The first kappa shape index (κ1) is 16.0. The normalized spacial score (nSPS) is 24.4. The third kappa shape index (κ3) is 6.06. The molecule has 0 saturated carbocycles. The van der Waals surface area contributed by atoms with Crippen LogP contribution < -0.4 is 0 Å². The van der Waals surface area contributed by atoms with Gasteiger partial charge in [0.05, 0.1) is 18.0 Å². The maximum absolute atomic E-state index is 4.24. The predicted molar refractivity (Wildman–Crippen MR) is 84.9 cm³/mol. The van der Waals surface area contributed by atoms with Gasteiger partial charge in [-0.15, -0.1) is 0 Å². The van der Waals surface area contributed by atoms with E-state index in [4.69, 9.17) is 0 Å². The van der Waals surface area contributed by atoms with Gasteiger partial charge in [0.15, 0.2) is 0 Å². The van der Waals surface area contributed by atoms with Crippen molar-refractivity contribution in [3.8, 4) is 0 Å². The third-order valence-electron chi connectivity index (χ3n) is 3.78. The van der Waals surface area contributed by atoms with E-state index >= 15 is 0 Å². The Morgan fingerprint density at radius 1 is 1.16 bits per heavy atom. The Morgan fingerprint density at radius 2 is 1.89 bits per heavy atom. The van der Waals surface area contributed by atoms with Crippen molar-refractivity contribution < 1.29 is 0 Å². The van der Waals surface area contributed by atoms with Crippen LogP contribution in [0.25, 0.3) is 0 Å². The molecule has 0 fully saturated rings. The lowest BCUT2D eigenvalue weighted by molar-refractivity contribution is 0.331. The molecule has 2 aliphatic heterocycles. The Balaban J connectivity index is 0.000000191. The van der Waals surface area contributed by atoms with Crippen LogP contribution in [-0.2, 0) is 0 Å². The highest BCUT2D eigenvalue weighted by Gasteiger charge is 2.08. The molecule has 19 heavy (non-hydrogen) atoms. The summed E-state index contributed by atoms with van der Waals surface area (Å²) in [7, 11) is 4.25. The van der Waals surface area contributed by atoms with Crippen LogP contribution in [0, 0.1) is 0 Å². The van der Waals surface area contributed by atoms with Gasteiger partial charge in [0.1, 0.15) is 0 Å². The fraction of sp³-hybridized carbons (Fsp3) is 0.688. The largest absolute Gasteiger partial charge is 0.372 e. The summed E-state index contributed by atoms with van der Waals surface area (Å²) in [4.78, 5) is 8.77. The lowest BCUT2D eigenvalue weighted by atomic mass is 10.1. The van der Waals surface area contributed by atoms with E-state index in [1.807, 2.05) is 14.0 Å². The Bertz CT molecular complexity index is 355. The van der Waals surface area contributed by atoms with E-state index in [9.17, 15) is 0 Å². The monoisotopic (exact) mass is 263 g/mol. The number of aliphatic imine (C=N–C) groups is 1. The Morgan fingerprint density at radius 3 is 2.53 bits per heavy atom. The standard InChI is InChI=1S/C9H17N.C7H12N2/c1-9-5-3-7-10(2)8-4-6-9;1-6-7(2)9(3)5-4-8-6/h5H,3-4,6-8H2,1-2H3;2,4-5H2,1,3H3/b9-5-;. The Kier molecular flexibility index (Phi) is 6.85. The van der Waals surface area contributed by atoms with Gasteiger partial charge in [-0.05, 0) is 46.7 Å². The van der Waals surface area contributed by atoms with Crippen molar-refractivity contribution in [2.75, 3.05) is 40.3 Å². The van der Waals surface area contributed by atoms with E-state index in [0.717, 1.165) is 24.5 Å². The summed E-state index contributed by atoms with van der Waals surface area (Å²) in [6.07, 6.45) is 6.24. The van der Waals surface area contributed by atoms with Crippen molar-refractivity contribution >= 4 is 5.71 Å². The zero-order chi connectivity index (χ0) is 14.3. The van der Waals surface area contributed by atoms with E-state index < -0.39 is 0 Å². The molecule has 0 amide bonds. The number of allylic oxidation sites excluding steroid dienone is 2. The molecule has 0 aromatic rings. The second-order valence-electron chi connectivity index (χ2n) is 5.58. The first-order valence-electron chi connectivity index (χ1n) is 7.26. The van der Waals surface area contributed by atoms with Gasteiger partial charge in [0, 0.05) is 20.1 Å². The van der Waals surface area contributed by atoms with Crippen LogP contribution in [0.15, 0.2) is 28.9 Å². The molecular formula is C16H29N3. The third-order valence-corrected chi connectivity index (χ3v) is 3.78. The molecule has 0 saturated heterocycles. The molecule has 0 atom stereocenters. The first-order chi connectivity index (χ1) is 9.00. The SMILES string of the molecule is C/C1=C/CCN(C)CCC1.C=C1C(C)=NCCN1C. The lowest BCUT2D eigenvalue weighted by Gasteiger charge is -2.24. The van der Waals surface area contributed by atoms with Crippen molar-refractivity contribution in [1.29, 1.82) is 0 Å². The fourth-order valence-corrected chi connectivity index (χ4v) is 2.24. The van der Waals surface area contributed by atoms with Crippen molar-refractivity contribution in [2.24, 2.45) is 4.99 Å². The Labute approximate surface area is 118 Å². The van der Waals surface area contributed by atoms with Crippen LogP contribution in [0.4, 0.5) is 0 Å². The maximum Gasteiger partial charge on any atom is 0.0568 e. The van der Waals surface area contributed by atoms with Crippen molar-refractivity contribution in [1.82, 2.24) is 9.80 Å². The van der Waals surface area contributed by atoms with Gasteiger partial charge in [-0.2, -0.15) is 0 Å². The van der Waals surface area contributed by atoms with Gasteiger partial charge in [-0.1, -0.05) is 18.2 Å². The highest BCUT2D eigenvalue weighted by atomic mass is 15.1. The number of hydrogen-bond donors (Lipinski definition) is 0. The van der Waals surface area contributed by atoms with E-state index in [1.54, 1.807) is 5.57 Å². The quantitative estimate of drug-likeness (QED) is 0.626. The van der Waals surface area contributed by atoms with E-state index in [2.05, 4.69) is 41.4 Å². The average molecular weight is 263 g/mol.